The fourth-order valence-corrected chi connectivity index (χ4v) is 2.76. The van der Waals surface area contributed by atoms with Crippen molar-refractivity contribution in [1.82, 2.24) is 20.1 Å². The molecule has 0 bridgehead atoms. The van der Waals surface area contributed by atoms with Crippen LogP contribution in [0.25, 0.3) is 5.82 Å². The monoisotopic (exact) mass is 286 g/mol. The van der Waals surface area contributed by atoms with E-state index in [4.69, 9.17) is 0 Å². The van der Waals surface area contributed by atoms with E-state index >= 15 is 0 Å². The molecule has 0 aliphatic heterocycles. The summed E-state index contributed by atoms with van der Waals surface area (Å²) in [7, 11) is 0. The average molecular weight is 286 g/mol. The molecule has 2 heterocycles. The van der Waals surface area contributed by atoms with Gasteiger partial charge in [0.2, 0.25) is 0 Å². The zero-order chi connectivity index (χ0) is 14.7. The van der Waals surface area contributed by atoms with Crippen molar-refractivity contribution in [3.05, 3.63) is 42.4 Å². The number of aromatic nitrogens is 3. The smallest absolute Gasteiger partial charge is 0.270 e. The van der Waals surface area contributed by atoms with Crippen LogP contribution in [0.5, 0.6) is 0 Å². The predicted molar refractivity (Wildman–Crippen MR) is 77.1 cm³/mol. The van der Waals surface area contributed by atoms with Crippen LogP contribution in [0.1, 0.15) is 36.2 Å². The first kappa shape index (κ1) is 13.8. The molecule has 1 amide bonds. The quantitative estimate of drug-likeness (QED) is 0.888. The highest BCUT2D eigenvalue weighted by Gasteiger charge is 2.35. The Balaban J connectivity index is 1.80. The van der Waals surface area contributed by atoms with E-state index in [2.05, 4.69) is 15.4 Å². The summed E-state index contributed by atoms with van der Waals surface area (Å²) in [4.78, 5) is 16.7. The molecule has 2 aromatic heterocycles. The summed E-state index contributed by atoms with van der Waals surface area (Å²) in [5.41, 5.74) is -0.150. The molecule has 1 aliphatic rings. The van der Waals surface area contributed by atoms with E-state index in [9.17, 15) is 9.90 Å². The Bertz CT molecular complexity index is 618. The lowest BCUT2D eigenvalue weighted by Crippen LogP contribution is -2.49. The van der Waals surface area contributed by atoms with Gasteiger partial charge in [0.1, 0.15) is 5.69 Å². The normalized spacial score (nSPS) is 16.8. The minimum atomic E-state index is -0.486. The molecule has 0 unspecified atom stereocenters. The third-order valence-corrected chi connectivity index (χ3v) is 3.95. The molecule has 1 saturated carbocycles. The van der Waals surface area contributed by atoms with Crippen LogP contribution < -0.4 is 5.32 Å². The lowest BCUT2D eigenvalue weighted by atomic mass is 9.98. The third kappa shape index (κ3) is 2.80. The zero-order valence-corrected chi connectivity index (χ0v) is 11.7. The molecule has 110 valence electrons. The van der Waals surface area contributed by atoms with Gasteiger partial charge >= 0.3 is 0 Å². The number of rotatable bonds is 4. The van der Waals surface area contributed by atoms with Gasteiger partial charge in [0.15, 0.2) is 5.82 Å². The van der Waals surface area contributed by atoms with Crippen LogP contribution in [-0.4, -0.2) is 37.9 Å². The Hall–Kier alpha value is -2.21. The standard InChI is InChI=1S/C15H18N4O2/c20-11-15(7-1-2-8-15)18-14(21)12-5-3-6-13(17-12)19-10-4-9-16-19/h3-6,9-10,20H,1-2,7-8,11H2,(H,18,21). The van der Waals surface area contributed by atoms with Crippen LogP contribution in [0.4, 0.5) is 0 Å². The largest absolute Gasteiger partial charge is 0.394 e. The van der Waals surface area contributed by atoms with Crippen molar-refractivity contribution in [1.29, 1.82) is 0 Å². The van der Waals surface area contributed by atoms with Crippen molar-refractivity contribution in [2.45, 2.75) is 31.2 Å². The molecular weight excluding hydrogens is 268 g/mol. The van der Waals surface area contributed by atoms with E-state index in [0.29, 0.717) is 11.5 Å². The topological polar surface area (TPSA) is 80.0 Å². The van der Waals surface area contributed by atoms with Crippen LogP contribution in [-0.2, 0) is 0 Å². The SMILES string of the molecule is O=C(NC1(CO)CCCC1)c1cccc(-n2cccn2)n1. The molecule has 2 aromatic rings. The summed E-state index contributed by atoms with van der Waals surface area (Å²) in [6.07, 6.45) is 7.12. The first-order valence-corrected chi connectivity index (χ1v) is 7.13. The van der Waals surface area contributed by atoms with Gasteiger partial charge < -0.3 is 10.4 Å². The summed E-state index contributed by atoms with van der Waals surface area (Å²) in [5.74, 6) is 0.345. The number of carbonyl (C=O) groups is 1. The molecule has 0 spiro atoms. The molecule has 6 heteroatoms. The van der Waals surface area contributed by atoms with Gasteiger partial charge in [-0.1, -0.05) is 18.9 Å². The highest BCUT2D eigenvalue weighted by Crippen LogP contribution is 2.29. The summed E-state index contributed by atoms with van der Waals surface area (Å²) >= 11 is 0. The van der Waals surface area contributed by atoms with E-state index in [1.165, 1.54) is 0 Å². The van der Waals surface area contributed by atoms with E-state index in [1.807, 2.05) is 0 Å². The number of aliphatic hydroxyl groups is 1. The lowest BCUT2D eigenvalue weighted by Gasteiger charge is -2.27. The number of hydrogen-bond acceptors (Lipinski definition) is 4. The fraction of sp³-hybridized carbons (Fsp3) is 0.400. The van der Waals surface area contributed by atoms with Gasteiger partial charge in [-0.2, -0.15) is 5.10 Å². The molecule has 0 saturated heterocycles. The van der Waals surface area contributed by atoms with Crippen molar-refractivity contribution in [2.75, 3.05) is 6.61 Å². The summed E-state index contributed by atoms with van der Waals surface area (Å²) < 4.78 is 1.61. The molecule has 1 fully saturated rings. The number of nitrogens with one attached hydrogen (secondary N) is 1. The highest BCUT2D eigenvalue weighted by atomic mass is 16.3. The molecule has 0 atom stereocenters. The molecule has 3 rings (SSSR count). The Kier molecular flexibility index (Phi) is 3.70. The number of nitrogens with zero attached hydrogens (tertiary/aromatic N) is 3. The Labute approximate surface area is 122 Å². The van der Waals surface area contributed by atoms with E-state index < -0.39 is 5.54 Å². The molecular formula is C15H18N4O2. The molecule has 0 radical (unpaired) electrons. The van der Waals surface area contributed by atoms with Gasteiger partial charge in [-0.25, -0.2) is 9.67 Å². The second-order valence-corrected chi connectivity index (χ2v) is 5.43. The van der Waals surface area contributed by atoms with E-state index in [-0.39, 0.29) is 12.5 Å². The minimum Gasteiger partial charge on any atom is -0.394 e. The number of pyridine rings is 1. The minimum absolute atomic E-state index is 0.0302. The molecule has 0 aromatic carbocycles. The van der Waals surface area contributed by atoms with Crippen molar-refractivity contribution in [3.63, 3.8) is 0 Å². The fourth-order valence-electron chi connectivity index (χ4n) is 2.76. The lowest BCUT2D eigenvalue weighted by molar-refractivity contribution is 0.0833. The second kappa shape index (κ2) is 5.65. The van der Waals surface area contributed by atoms with Crippen LogP contribution >= 0.6 is 0 Å². The number of aliphatic hydroxyl groups excluding tert-OH is 1. The third-order valence-electron chi connectivity index (χ3n) is 3.95. The van der Waals surface area contributed by atoms with Gasteiger partial charge in [-0.05, 0) is 31.0 Å². The second-order valence-electron chi connectivity index (χ2n) is 5.43. The Morgan fingerprint density at radius 1 is 1.33 bits per heavy atom. The molecule has 21 heavy (non-hydrogen) atoms. The molecule has 1 aliphatic carbocycles. The summed E-state index contributed by atoms with van der Waals surface area (Å²) in [6.45, 7) is -0.0302. The van der Waals surface area contributed by atoms with Gasteiger partial charge in [0.05, 0.1) is 12.1 Å². The van der Waals surface area contributed by atoms with Crippen LogP contribution in [0.2, 0.25) is 0 Å². The molecule has 6 nitrogen and oxygen atoms in total. The van der Waals surface area contributed by atoms with Crippen LogP contribution in [0.15, 0.2) is 36.7 Å². The number of amides is 1. The van der Waals surface area contributed by atoms with Gasteiger partial charge in [0.25, 0.3) is 5.91 Å². The Morgan fingerprint density at radius 3 is 2.81 bits per heavy atom. The average Bonchev–Trinajstić information content (AvgIpc) is 3.19. The number of hydrogen-bond donors (Lipinski definition) is 2. The maximum atomic E-state index is 12.4. The van der Waals surface area contributed by atoms with E-state index in [1.54, 1.807) is 41.3 Å². The number of carbonyl (C=O) groups excluding carboxylic acids is 1. The van der Waals surface area contributed by atoms with Gasteiger partial charge in [-0.15, -0.1) is 0 Å². The highest BCUT2D eigenvalue weighted by molar-refractivity contribution is 5.93. The maximum Gasteiger partial charge on any atom is 0.270 e. The first-order chi connectivity index (χ1) is 10.2. The van der Waals surface area contributed by atoms with Crippen molar-refractivity contribution < 1.29 is 9.90 Å². The zero-order valence-electron chi connectivity index (χ0n) is 11.7. The summed E-state index contributed by atoms with van der Waals surface area (Å²) in [6, 6.07) is 7.04. The van der Waals surface area contributed by atoms with Gasteiger partial charge in [0, 0.05) is 12.4 Å². The van der Waals surface area contributed by atoms with Crippen molar-refractivity contribution >= 4 is 5.91 Å². The molecule has 2 N–H and O–H groups in total. The maximum absolute atomic E-state index is 12.4. The predicted octanol–water partition coefficient (Wildman–Crippen LogP) is 1.30. The first-order valence-electron chi connectivity index (χ1n) is 7.13. The van der Waals surface area contributed by atoms with Crippen molar-refractivity contribution in [3.8, 4) is 5.82 Å². The van der Waals surface area contributed by atoms with Crippen molar-refractivity contribution in [2.24, 2.45) is 0 Å². The summed E-state index contributed by atoms with van der Waals surface area (Å²) in [5, 5.41) is 16.6. The van der Waals surface area contributed by atoms with Crippen LogP contribution in [0.3, 0.4) is 0 Å². The van der Waals surface area contributed by atoms with Gasteiger partial charge in [-0.3, -0.25) is 4.79 Å². The van der Waals surface area contributed by atoms with E-state index in [0.717, 1.165) is 25.7 Å². The van der Waals surface area contributed by atoms with Crippen LogP contribution in [0, 0.1) is 0 Å². The Morgan fingerprint density at radius 2 is 2.14 bits per heavy atom.